The number of nitrogens with zero attached hydrogens (tertiary/aromatic N) is 2. The molecule has 1 aromatic carbocycles. The van der Waals surface area contributed by atoms with Crippen LogP contribution in [0.5, 0.6) is 5.75 Å². The van der Waals surface area contributed by atoms with Gasteiger partial charge in [0.1, 0.15) is 11.9 Å². The van der Waals surface area contributed by atoms with Crippen LogP contribution in [0.1, 0.15) is 39.2 Å². The third-order valence-electron chi connectivity index (χ3n) is 4.30. The maximum Gasteiger partial charge on any atom is 0.205 e. The fourth-order valence-corrected chi connectivity index (χ4v) is 3.04. The van der Waals surface area contributed by atoms with Gasteiger partial charge in [-0.1, -0.05) is 25.5 Å². The van der Waals surface area contributed by atoms with Crippen molar-refractivity contribution >= 4 is 12.0 Å². The molecule has 2 aliphatic heterocycles. The first-order chi connectivity index (χ1) is 11.0. The van der Waals surface area contributed by atoms with Gasteiger partial charge in [0.25, 0.3) is 0 Å². The molecule has 0 saturated heterocycles. The second-order valence-electron chi connectivity index (χ2n) is 6.59. The Morgan fingerprint density at radius 3 is 2.87 bits per heavy atom. The van der Waals surface area contributed by atoms with Gasteiger partial charge in [-0.05, 0) is 6.42 Å². The predicted molar refractivity (Wildman–Crippen MR) is 91.2 cm³/mol. The highest BCUT2D eigenvalue weighted by atomic mass is 16.7. The summed E-state index contributed by atoms with van der Waals surface area (Å²) in [6.45, 7) is 7.41. The number of quaternary nitrogens is 1. The Hall–Kier alpha value is -1.69. The topological polar surface area (TPSA) is 51.0 Å². The Morgan fingerprint density at radius 2 is 2.17 bits per heavy atom. The smallest absolute Gasteiger partial charge is 0.205 e. The fraction of sp³-hybridized carbons (Fsp3) is 0.500. The molecule has 0 bridgehead atoms. The van der Waals surface area contributed by atoms with E-state index in [9.17, 15) is 5.11 Å². The van der Waals surface area contributed by atoms with Crippen LogP contribution in [0.15, 0.2) is 35.1 Å². The summed E-state index contributed by atoms with van der Waals surface area (Å²) < 4.78 is 12.4. The lowest BCUT2D eigenvalue weighted by Crippen LogP contribution is -2.44. The Bertz CT molecular complexity index is 652. The van der Waals surface area contributed by atoms with E-state index in [-0.39, 0.29) is 6.61 Å². The van der Waals surface area contributed by atoms with E-state index in [0.29, 0.717) is 16.8 Å². The van der Waals surface area contributed by atoms with E-state index in [0.717, 1.165) is 36.4 Å². The summed E-state index contributed by atoms with van der Waals surface area (Å²) >= 11 is 0. The Balaban J connectivity index is 2.08. The summed E-state index contributed by atoms with van der Waals surface area (Å²) in [5.41, 5.74) is 2.81. The molecule has 0 aliphatic carbocycles. The minimum atomic E-state index is -0.641. The van der Waals surface area contributed by atoms with Gasteiger partial charge in [-0.15, -0.1) is 0 Å². The second-order valence-corrected chi connectivity index (χ2v) is 6.59. The van der Waals surface area contributed by atoms with Gasteiger partial charge < -0.3 is 14.6 Å². The lowest BCUT2D eigenvalue weighted by Gasteiger charge is -2.36. The molecule has 3 rings (SSSR count). The molecule has 0 radical (unpaired) electrons. The molecule has 124 valence electrons. The number of hydrogen-bond donors (Lipinski definition) is 1. The molecule has 0 spiro atoms. The molecule has 0 fully saturated rings. The van der Waals surface area contributed by atoms with E-state index in [1.807, 2.05) is 38.5 Å². The van der Waals surface area contributed by atoms with Crippen LogP contribution in [0, 0.1) is 0 Å². The summed E-state index contributed by atoms with van der Waals surface area (Å²) in [5.74, 6) is 0.236. The molecular weight excluding hydrogens is 292 g/mol. The highest BCUT2D eigenvalue weighted by molar-refractivity contribution is 5.82. The van der Waals surface area contributed by atoms with Gasteiger partial charge in [0.15, 0.2) is 17.8 Å². The number of fused-ring (bicyclic) bond motifs is 1. The number of aliphatic imine (C=N–C) groups is 1. The number of benzene rings is 1. The maximum absolute atomic E-state index is 9.45. The van der Waals surface area contributed by atoms with Crippen LogP contribution in [-0.2, 0) is 11.3 Å². The quantitative estimate of drug-likeness (QED) is 0.848. The van der Waals surface area contributed by atoms with E-state index in [4.69, 9.17) is 9.47 Å². The van der Waals surface area contributed by atoms with E-state index >= 15 is 0 Å². The van der Waals surface area contributed by atoms with Gasteiger partial charge in [-0.2, -0.15) is 4.99 Å². The van der Waals surface area contributed by atoms with Gasteiger partial charge in [0, 0.05) is 25.5 Å². The van der Waals surface area contributed by atoms with Gasteiger partial charge in [-0.3, -0.25) is 0 Å². The van der Waals surface area contributed by atoms with Crippen molar-refractivity contribution in [2.24, 2.45) is 4.99 Å². The van der Waals surface area contributed by atoms with Gasteiger partial charge in [0.2, 0.25) is 5.79 Å². The van der Waals surface area contributed by atoms with Crippen molar-refractivity contribution in [3.63, 3.8) is 0 Å². The number of aliphatic hydroxyl groups is 1. The Morgan fingerprint density at radius 1 is 1.35 bits per heavy atom. The van der Waals surface area contributed by atoms with E-state index in [1.54, 1.807) is 0 Å². The molecule has 1 N–H and O–H groups in total. The Kier molecular flexibility index (Phi) is 4.27. The monoisotopic (exact) mass is 317 g/mol. The number of hydrogen-bond acceptors (Lipinski definition) is 4. The van der Waals surface area contributed by atoms with Crippen molar-refractivity contribution in [3.8, 4) is 5.75 Å². The predicted octanol–water partition coefficient (Wildman–Crippen LogP) is 3.31. The van der Waals surface area contributed by atoms with Gasteiger partial charge in [-0.25, -0.2) is 4.48 Å². The van der Waals surface area contributed by atoms with Crippen LogP contribution in [0.4, 0.5) is 5.69 Å². The van der Waals surface area contributed by atoms with Crippen molar-refractivity contribution in [2.45, 2.75) is 46.0 Å². The average molecular weight is 317 g/mol. The summed E-state index contributed by atoms with van der Waals surface area (Å²) in [4.78, 5) is 4.39. The summed E-state index contributed by atoms with van der Waals surface area (Å²) in [7, 11) is 0. The van der Waals surface area contributed by atoms with Crippen LogP contribution < -0.4 is 9.22 Å². The molecule has 5 heteroatoms. The van der Waals surface area contributed by atoms with E-state index in [1.165, 1.54) is 0 Å². The van der Waals surface area contributed by atoms with Crippen LogP contribution in [-0.4, -0.2) is 30.4 Å². The van der Waals surface area contributed by atoms with Crippen LogP contribution in [0.2, 0.25) is 0 Å². The average Bonchev–Trinajstić information content (AvgIpc) is 2.96. The second kappa shape index (κ2) is 6.07. The van der Waals surface area contributed by atoms with Crippen LogP contribution in [0.25, 0.3) is 0 Å². The third kappa shape index (κ3) is 3.04. The first-order valence-electron chi connectivity index (χ1n) is 8.20. The molecule has 1 aromatic rings. The maximum atomic E-state index is 9.45. The molecule has 5 nitrogen and oxygen atoms in total. The molecular formula is C18H25N2O3+. The zero-order chi connectivity index (χ0) is 16.5. The zero-order valence-electron chi connectivity index (χ0n) is 14.1. The number of unbranched alkanes of at least 4 members (excludes halogenated alkanes) is 1. The molecule has 0 amide bonds. The standard InChI is InChI=1S/C18H25N2O3/c1-4-5-9-20(10-15(11-21)19-13-20)16-8-6-7-14-12-22-18(2,3)23-17(14)16/h6-8,10,13,21H,4-5,9,11-12H2,1-3H3/q+1. The summed E-state index contributed by atoms with van der Waals surface area (Å²) in [5, 5.41) is 9.45. The molecule has 1 unspecified atom stereocenters. The van der Waals surface area contributed by atoms with Crippen molar-refractivity contribution < 1.29 is 14.6 Å². The van der Waals surface area contributed by atoms with Gasteiger partial charge in [0.05, 0.1) is 19.8 Å². The first kappa shape index (κ1) is 16.2. The minimum absolute atomic E-state index is 0.0485. The van der Waals surface area contributed by atoms with Crippen molar-refractivity contribution in [3.05, 3.63) is 35.7 Å². The van der Waals surface area contributed by atoms with Gasteiger partial charge >= 0.3 is 0 Å². The van der Waals surface area contributed by atoms with Crippen LogP contribution in [0.3, 0.4) is 0 Å². The largest absolute Gasteiger partial charge is 0.456 e. The lowest BCUT2D eigenvalue weighted by atomic mass is 10.1. The first-order valence-corrected chi connectivity index (χ1v) is 8.20. The molecule has 1 atom stereocenters. The van der Waals surface area contributed by atoms with E-state index in [2.05, 4.69) is 18.0 Å². The highest BCUT2D eigenvalue weighted by Crippen LogP contribution is 2.43. The third-order valence-corrected chi connectivity index (χ3v) is 4.30. The zero-order valence-corrected chi connectivity index (χ0v) is 14.1. The van der Waals surface area contributed by atoms with Crippen molar-refractivity contribution in [2.75, 3.05) is 13.2 Å². The highest BCUT2D eigenvalue weighted by Gasteiger charge is 2.39. The minimum Gasteiger partial charge on any atom is -0.456 e. The van der Waals surface area contributed by atoms with Crippen LogP contribution >= 0.6 is 0 Å². The SMILES string of the molecule is CCCC[N+]1(c2cccc3c2OC(C)(C)OC3)C=NC(CO)=C1. The fourth-order valence-electron chi connectivity index (χ4n) is 3.04. The summed E-state index contributed by atoms with van der Waals surface area (Å²) in [6, 6.07) is 6.15. The number of ether oxygens (including phenoxy) is 2. The molecule has 0 aromatic heterocycles. The van der Waals surface area contributed by atoms with Crippen molar-refractivity contribution in [1.29, 1.82) is 0 Å². The van der Waals surface area contributed by atoms with E-state index < -0.39 is 5.79 Å². The molecule has 23 heavy (non-hydrogen) atoms. The molecule has 2 aliphatic rings. The molecule has 0 saturated carbocycles. The van der Waals surface area contributed by atoms with Crippen molar-refractivity contribution in [1.82, 2.24) is 4.48 Å². The molecule has 2 heterocycles. The number of para-hydroxylation sites is 1. The normalized spacial score (nSPS) is 25.0. The number of aliphatic hydroxyl groups excluding tert-OH is 1. The lowest BCUT2D eigenvalue weighted by molar-refractivity contribution is -0.180. The number of rotatable bonds is 5. The summed E-state index contributed by atoms with van der Waals surface area (Å²) in [6.07, 6.45) is 6.09. The Labute approximate surface area is 137 Å².